The van der Waals surface area contributed by atoms with Gasteiger partial charge in [-0.3, -0.25) is 9.59 Å². The van der Waals surface area contributed by atoms with Crippen LogP contribution in [0.1, 0.15) is 58.8 Å². The van der Waals surface area contributed by atoms with Crippen LogP contribution in [0.15, 0.2) is 11.6 Å². The molecule has 0 aromatic heterocycles. The molecule has 0 spiro atoms. The minimum atomic E-state index is -0.424. The molecule has 1 saturated heterocycles. The first-order chi connectivity index (χ1) is 10.8. The third kappa shape index (κ3) is 2.14. The second-order valence-corrected chi connectivity index (χ2v) is 8.48. The molecular weight excluding hydrogens is 292 g/mol. The Morgan fingerprint density at radius 1 is 1.13 bits per heavy atom. The van der Waals surface area contributed by atoms with Gasteiger partial charge in [0.1, 0.15) is 5.60 Å². The first kappa shape index (κ1) is 15.4. The molecule has 126 valence electrons. The number of hydrogen-bond donors (Lipinski definition) is 1. The van der Waals surface area contributed by atoms with Gasteiger partial charge in [0.15, 0.2) is 5.78 Å². The molecule has 3 aliphatic carbocycles. The van der Waals surface area contributed by atoms with E-state index in [1.807, 2.05) is 0 Å². The van der Waals surface area contributed by atoms with Crippen molar-refractivity contribution in [2.24, 2.45) is 23.2 Å². The molecule has 4 nitrogen and oxygen atoms in total. The van der Waals surface area contributed by atoms with Gasteiger partial charge in [-0.2, -0.15) is 0 Å². The molecule has 6 unspecified atom stereocenters. The molecule has 4 heteroatoms. The van der Waals surface area contributed by atoms with Crippen molar-refractivity contribution in [2.45, 2.75) is 70.5 Å². The summed E-state index contributed by atoms with van der Waals surface area (Å²) in [4.78, 5) is 23.6. The van der Waals surface area contributed by atoms with Crippen LogP contribution in [-0.4, -0.2) is 28.6 Å². The Bertz CT molecular complexity index is 594. The Hall–Kier alpha value is -1.16. The zero-order valence-electron chi connectivity index (χ0n) is 14.0. The Morgan fingerprint density at radius 2 is 1.91 bits per heavy atom. The van der Waals surface area contributed by atoms with Crippen LogP contribution in [0.2, 0.25) is 0 Å². The molecule has 0 amide bonds. The van der Waals surface area contributed by atoms with E-state index < -0.39 is 11.7 Å². The second kappa shape index (κ2) is 4.92. The molecule has 3 fully saturated rings. The van der Waals surface area contributed by atoms with Crippen molar-refractivity contribution < 1.29 is 19.4 Å². The molecule has 4 rings (SSSR count). The number of allylic oxidation sites excluding steroid dienone is 1. The van der Waals surface area contributed by atoms with Gasteiger partial charge >= 0.3 is 5.97 Å². The number of esters is 1. The van der Waals surface area contributed by atoms with Crippen LogP contribution in [0.5, 0.6) is 0 Å². The van der Waals surface area contributed by atoms with Crippen LogP contribution in [0.25, 0.3) is 0 Å². The molecule has 23 heavy (non-hydrogen) atoms. The van der Waals surface area contributed by atoms with Gasteiger partial charge in [0.05, 0.1) is 6.10 Å². The number of carbonyl (C=O) groups excluding carboxylic acids is 2. The molecule has 2 saturated carbocycles. The van der Waals surface area contributed by atoms with E-state index >= 15 is 0 Å². The zero-order valence-corrected chi connectivity index (χ0v) is 14.0. The second-order valence-electron chi connectivity index (χ2n) is 8.48. The molecule has 0 radical (unpaired) electrons. The number of hydrogen-bond acceptors (Lipinski definition) is 4. The highest BCUT2D eigenvalue weighted by Crippen LogP contribution is 2.61. The van der Waals surface area contributed by atoms with Crippen LogP contribution >= 0.6 is 0 Å². The van der Waals surface area contributed by atoms with Gasteiger partial charge in [-0.15, -0.1) is 0 Å². The highest BCUT2D eigenvalue weighted by atomic mass is 16.6. The average molecular weight is 318 g/mol. The Labute approximate surface area is 137 Å². The summed E-state index contributed by atoms with van der Waals surface area (Å²) in [6.07, 6.45) is 6.62. The summed E-state index contributed by atoms with van der Waals surface area (Å²) in [7, 11) is 0. The van der Waals surface area contributed by atoms with Crippen molar-refractivity contribution in [1.82, 2.24) is 0 Å². The normalized spacial score (nSPS) is 49.4. The molecule has 6 atom stereocenters. The number of carbonyl (C=O) groups is 2. The summed E-state index contributed by atoms with van der Waals surface area (Å²) in [5.74, 6) is 0.917. The number of rotatable bonds is 0. The van der Waals surface area contributed by atoms with Crippen molar-refractivity contribution in [3.63, 3.8) is 0 Å². The van der Waals surface area contributed by atoms with Gasteiger partial charge in [-0.25, -0.2) is 0 Å². The topological polar surface area (TPSA) is 63.6 Å². The predicted molar refractivity (Wildman–Crippen MR) is 84.5 cm³/mol. The summed E-state index contributed by atoms with van der Waals surface area (Å²) in [5.41, 5.74) is 0.763. The fraction of sp³-hybridized carbons (Fsp3) is 0.789. The third-order valence-corrected chi connectivity index (χ3v) is 7.32. The molecule has 0 bridgehead atoms. The molecule has 0 aromatic rings. The molecule has 0 aromatic carbocycles. The quantitative estimate of drug-likeness (QED) is 0.698. The SMILES string of the molecule is CC12CCC3C(C(O)CC4=CC(=O)CCC43C)C1CCC(=O)O2. The van der Waals surface area contributed by atoms with Gasteiger partial charge in [0.2, 0.25) is 0 Å². The van der Waals surface area contributed by atoms with E-state index in [4.69, 9.17) is 4.74 Å². The number of fused-ring (bicyclic) bond motifs is 5. The Morgan fingerprint density at radius 3 is 2.70 bits per heavy atom. The van der Waals surface area contributed by atoms with Gasteiger partial charge < -0.3 is 9.84 Å². The van der Waals surface area contributed by atoms with E-state index in [1.54, 1.807) is 6.08 Å². The van der Waals surface area contributed by atoms with Crippen LogP contribution in [0.3, 0.4) is 0 Å². The van der Waals surface area contributed by atoms with Crippen molar-refractivity contribution in [3.05, 3.63) is 11.6 Å². The maximum absolute atomic E-state index is 11.8. The number of ether oxygens (including phenoxy) is 1. The summed E-state index contributed by atoms with van der Waals surface area (Å²) in [6, 6.07) is 0. The Balaban J connectivity index is 1.72. The first-order valence-electron chi connectivity index (χ1n) is 8.97. The standard InChI is InChI=1S/C19H26O4/c1-18-7-5-12(20)9-11(18)10-15(21)17-13(18)6-8-19(2)14(17)3-4-16(22)23-19/h9,13-15,17,21H,3-8,10H2,1-2H3. The summed E-state index contributed by atoms with van der Waals surface area (Å²) in [6.45, 7) is 4.34. The summed E-state index contributed by atoms with van der Waals surface area (Å²) >= 11 is 0. The van der Waals surface area contributed by atoms with E-state index in [2.05, 4.69) is 13.8 Å². The van der Waals surface area contributed by atoms with Gasteiger partial charge in [0.25, 0.3) is 0 Å². The molecular formula is C19H26O4. The minimum absolute atomic E-state index is 0.0284. The zero-order chi connectivity index (χ0) is 16.4. The van der Waals surface area contributed by atoms with E-state index in [-0.39, 0.29) is 29.0 Å². The maximum atomic E-state index is 11.8. The highest BCUT2D eigenvalue weighted by Gasteiger charge is 2.60. The lowest BCUT2D eigenvalue weighted by Crippen LogP contribution is -2.60. The van der Waals surface area contributed by atoms with Crippen LogP contribution < -0.4 is 0 Å². The summed E-state index contributed by atoms with van der Waals surface area (Å²) < 4.78 is 5.74. The lowest BCUT2D eigenvalue weighted by molar-refractivity contribution is -0.204. The lowest BCUT2D eigenvalue weighted by Gasteiger charge is -2.60. The monoisotopic (exact) mass is 318 g/mol. The first-order valence-corrected chi connectivity index (χ1v) is 8.97. The third-order valence-electron chi connectivity index (χ3n) is 7.32. The van der Waals surface area contributed by atoms with E-state index in [1.165, 1.54) is 0 Å². The number of aliphatic hydroxyl groups excluding tert-OH is 1. The fourth-order valence-corrected chi connectivity index (χ4v) is 6.05. The van der Waals surface area contributed by atoms with Crippen LogP contribution in [0.4, 0.5) is 0 Å². The number of ketones is 1. The summed E-state index contributed by atoms with van der Waals surface area (Å²) in [5, 5.41) is 10.9. The smallest absolute Gasteiger partial charge is 0.306 e. The van der Waals surface area contributed by atoms with Crippen molar-refractivity contribution in [1.29, 1.82) is 0 Å². The average Bonchev–Trinajstić information content (AvgIpc) is 2.48. The largest absolute Gasteiger partial charge is 0.459 e. The minimum Gasteiger partial charge on any atom is -0.459 e. The van der Waals surface area contributed by atoms with Crippen molar-refractivity contribution >= 4 is 11.8 Å². The predicted octanol–water partition coefficient (Wildman–Crippen LogP) is 2.78. The highest BCUT2D eigenvalue weighted by molar-refractivity contribution is 5.91. The molecule has 1 heterocycles. The molecule has 1 N–H and O–H groups in total. The maximum Gasteiger partial charge on any atom is 0.306 e. The van der Waals surface area contributed by atoms with Crippen molar-refractivity contribution in [2.75, 3.05) is 0 Å². The lowest BCUT2D eigenvalue weighted by atomic mass is 9.47. The van der Waals surface area contributed by atoms with Crippen LogP contribution in [0, 0.1) is 23.2 Å². The van der Waals surface area contributed by atoms with Crippen molar-refractivity contribution in [3.8, 4) is 0 Å². The fourth-order valence-electron chi connectivity index (χ4n) is 6.05. The Kier molecular flexibility index (Phi) is 3.29. The van der Waals surface area contributed by atoms with E-state index in [0.29, 0.717) is 25.2 Å². The number of aliphatic hydroxyl groups is 1. The van der Waals surface area contributed by atoms with Gasteiger partial charge in [-0.1, -0.05) is 12.5 Å². The molecule has 4 aliphatic rings. The van der Waals surface area contributed by atoms with Crippen LogP contribution in [-0.2, 0) is 14.3 Å². The van der Waals surface area contributed by atoms with E-state index in [9.17, 15) is 14.7 Å². The van der Waals surface area contributed by atoms with Gasteiger partial charge in [0, 0.05) is 18.8 Å². The van der Waals surface area contributed by atoms with E-state index in [0.717, 1.165) is 31.3 Å². The molecule has 1 aliphatic heterocycles. The van der Waals surface area contributed by atoms with Gasteiger partial charge in [-0.05, 0) is 62.4 Å².